The second kappa shape index (κ2) is 7.05. The number of carbonyl (C=O) groups excluding carboxylic acids is 3. The molecule has 144 valence electrons. The van der Waals surface area contributed by atoms with Crippen molar-refractivity contribution in [1.29, 1.82) is 0 Å². The van der Waals surface area contributed by atoms with E-state index in [9.17, 15) is 14.4 Å². The number of carbonyl (C=O) groups is 3. The Hall–Kier alpha value is -2.25. The van der Waals surface area contributed by atoms with Crippen molar-refractivity contribution in [3.05, 3.63) is 34.9 Å². The number of hydrogen-bond donors (Lipinski definition) is 2. The fourth-order valence-electron chi connectivity index (χ4n) is 4.37. The molecule has 2 N–H and O–H groups in total. The minimum Gasteiger partial charge on any atom is -0.322 e. The largest absolute Gasteiger partial charge is 0.322 e. The second-order valence-corrected chi connectivity index (χ2v) is 7.80. The number of piperazine rings is 1. The van der Waals surface area contributed by atoms with E-state index in [0.717, 1.165) is 30.8 Å². The first kappa shape index (κ1) is 18.1. The predicted octanol–water partition coefficient (Wildman–Crippen LogP) is 0.630. The van der Waals surface area contributed by atoms with Gasteiger partial charge in [0.05, 0.1) is 0 Å². The molecule has 0 saturated carbocycles. The normalized spacial score (nSPS) is 29.0. The van der Waals surface area contributed by atoms with Crippen molar-refractivity contribution in [1.82, 2.24) is 20.4 Å². The van der Waals surface area contributed by atoms with Crippen LogP contribution in [0.1, 0.15) is 48.2 Å². The van der Waals surface area contributed by atoms with E-state index >= 15 is 0 Å². The summed E-state index contributed by atoms with van der Waals surface area (Å²) in [5.74, 6) is -0.732. The van der Waals surface area contributed by atoms with E-state index < -0.39 is 6.04 Å². The summed E-state index contributed by atoms with van der Waals surface area (Å²) in [6, 6.07) is 6.14. The Labute approximate surface area is 159 Å². The lowest BCUT2D eigenvalue weighted by Gasteiger charge is -2.39. The molecule has 7 nitrogen and oxygen atoms in total. The maximum atomic E-state index is 12.9. The molecule has 4 rings (SSSR count). The van der Waals surface area contributed by atoms with Gasteiger partial charge in [-0.15, -0.1) is 0 Å². The van der Waals surface area contributed by atoms with Crippen LogP contribution in [0.15, 0.2) is 18.2 Å². The molecule has 0 radical (unpaired) electrons. The molecule has 7 heteroatoms. The van der Waals surface area contributed by atoms with Gasteiger partial charge in [0.15, 0.2) is 0 Å². The zero-order valence-corrected chi connectivity index (χ0v) is 15.8. The number of rotatable bonds is 3. The zero-order valence-electron chi connectivity index (χ0n) is 15.8. The molecule has 3 heterocycles. The Morgan fingerprint density at radius 2 is 2.00 bits per heavy atom. The number of amides is 3. The monoisotopic (exact) mass is 370 g/mol. The molecule has 0 spiro atoms. The minimum absolute atomic E-state index is 0.108. The Kier molecular flexibility index (Phi) is 4.74. The van der Waals surface area contributed by atoms with E-state index in [4.69, 9.17) is 0 Å². The number of hydrogen-bond acceptors (Lipinski definition) is 5. The van der Waals surface area contributed by atoms with Gasteiger partial charge in [0.1, 0.15) is 6.04 Å². The summed E-state index contributed by atoms with van der Waals surface area (Å²) in [4.78, 5) is 40.6. The second-order valence-electron chi connectivity index (χ2n) is 7.80. The SMILES string of the molecule is CC1NCCN(Cc2cccc3c2CN(C2CCC(=O)NC2=O)C3=O)C1C. The number of fused-ring (bicyclic) bond motifs is 1. The van der Waals surface area contributed by atoms with Crippen molar-refractivity contribution in [3.63, 3.8) is 0 Å². The summed E-state index contributed by atoms with van der Waals surface area (Å²) < 4.78 is 0. The third kappa shape index (κ3) is 3.26. The van der Waals surface area contributed by atoms with Gasteiger partial charge in [0.25, 0.3) is 5.91 Å². The van der Waals surface area contributed by atoms with E-state index in [-0.39, 0.29) is 24.1 Å². The Bertz CT molecular complexity index is 793. The molecule has 1 aromatic rings. The van der Waals surface area contributed by atoms with E-state index in [0.29, 0.717) is 30.6 Å². The first-order valence-corrected chi connectivity index (χ1v) is 9.68. The fraction of sp³-hybridized carbons (Fsp3) is 0.550. The van der Waals surface area contributed by atoms with Crippen molar-refractivity contribution in [2.24, 2.45) is 0 Å². The topological polar surface area (TPSA) is 81.8 Å². The van der Waals surface area contributed by atoms with Gasteiger partial charge in [0, 0.05) is 50.2 Å². The van der Waals surface area contributed by atoms with Crippen LogP contribution in [0.5, 0.6) is 0 Å². The quantitative estimate of drug-likeness (QED) is 0.763. The molecule has 1 aromatic carbocycles. The van der Waals surface area contributed by atoms with Gasteiger partial charge < -0.3 is 10.2 Å². The van der Waals surface area contributed by atoms with Crippen molar-refractivity contribution < 1.29 is 14.4 Å². The highest BCUT2D eigenvalue weighted by molar-refractivity contribution is 6.05. The highest BCUT2D eigenvalue weighted by atomic mass is 16.2. The standard InChI is InChI=1S/C20H26N4O3/c1-12-13(2)23(9-8-21-12)10-14-4-3-5-15-16(14)11-24(20(15)27)17-6-7-18(25)22-19(17)26/h3-5,12-13,17,21H,6-11H2,1-2H3,(H,22,25,26). The van der Waals surface area contributed by atoms with Crippen molar-refractivity contribution in [2.75, 3.05) is 13.1 Å². The van der Waals surface area contributed by atoms with Gasteiger partial charge in [-0.1, -0.05) is 12.1 Å². The number of benzene rings is 1. The summed E-state index contributed by atoms with van der Waals surface area (Å²) in [7, 11) is 0. The minimum atomic E-state index is -0.561. The Balaban J connectivity index is 1.56. The van der Waals surface area contributed by atoms with Crippen LogP contribution in [0.3, 0.4) is 0 Å². The van der Waals surface area contributed by atoms with Crippen molar-refractivity contribution >= 4 is 17.7 Å². The van der Waals surface area contributed by atoms with Crippen LogP contribution in [0.2, 0.25) is 0 Å². The van der Waals surface area contributed by atoms with Crippen LogP contribution in [-0.2, 0) is 22.7 Å². The number of nitrogens with one attached hydrogen (secondary N) is 2. The van der Waals surface area contributed by atoms with E-state index in [1.165, 1.54) is 0 Å². The third-order valence-corrected chi connectivity index (χ3v) is 6.22. The highest BCUT2D eigenvalue weighted by Gasteiger charge is 2.40. The molecule has 2 fully saturated rings. The molecule has 3 unspecified atom stereocenters. The Morgan fingerprint density at radius 3 is 2.78 bits per heavy atom. The molecule has 0 aliphatic carbocycles. The van der Waals surface area contributed by atoms with E-state index in [1.807, 2.05) is 12.1 Å². The Morgan fingerprint density at radius 1 is 1.19 bits per heavy atom. The molecule has 3 aliphatic rings. The molecule has 3 aliphatic heterocycles. The highest BCUT2D eigenvalue weighted by Crippen LogP contribution is 2.31. The van der Waals surface area contributed by atoms with Crippen molar-refractivity contribution in [3.8, 4) is 0 Å². The van der Waals surface area contributed by atoms with Crippen LogP contribution in [-0.4, -0.2) is 58.7 Å². The van der Waals surface area contributed by atoms with Gasteiger partial charge in [-0.3, -0.25) is 24.6 Å². The average Bonchev–Trinajstić information content (AvgIpc) is 2.97. The van der Waals surface area contributed by atoms with Crippen LogP contribution in [0.25, 0.3) is 0 Å². The third-order valence-electron chi connectivity index (χ3n) is 6.22. The average molecular weight is 370 g/mol. The molecule has 0 aromatic heterocycles. The summed E-state index contributed by atoms with van der Waals surface area (Å²) in [5.41, 5.74) is 2.86. The number of piperidine rings is 1. The van der Waals surface area contributed by atoms with Crippen LogP contribution in [0, 0.1) is 0 Å². The first-order valence-electron chi connectivity index (χ1n) is 9.68. The smallest absolute Gasteiger partial charge is 0.255 e. The molecule has 3 atom stereocenters. The van der Waals surface area contributed by atoms with Crippen LogP contribution < -0.4 is 10.6 Å². The maximum Gasteiger partial charge on any atom is 0.255 e. The maximum absolute atomic E-state index is 12.9. The lowest BCUT2D eigenvalue weighted by molar-refractivity contribution is -0.136. The van der Waals surface area contributed by atoms with E-state index in [1.54, 1.807) is 4.90 Å². The molecule has 0 bridgehead atoms. The molecular weight excluding hydrogens is 344 g/mol. The summed E-state index contributed by atoms with van der Waals surface area (Å²) in [6.45, 7) is 7.59. The molecule has 2 saturated heterocycles. The fourth-order valence-corrected chi connectivity index (χ4v) is 4.37. The van der Waals surface area contributed by atoms with Gasteiger partial charge in [-0.2, -0.15) is 0 Å². The summed E-state index contributed by atoms with van der Waals surface area (Å²) in [6.07, 6.45) is 0.672. The molecule has 27 heavy (non-hydrogen) atoms. The van der Waals surface area contributed by atoms with E-state index in [2.05, 4.69) is 35.4 Å². The van der Waals surface area contributed by atoms with Crippen molar-refractivity contribution in [2.45, 2.75) is 57.9 Å². The van der Waals surface area contributed by atoms with Gasteiger partial charge in [0.2, 0.25) is 11.8 Å². The predicted molar refractivity (Wildman–Crippen MR) is 99.8 cm³/mol. The lowest BCUT2D eigenvalue weighted by Crippen LogP contribution is -2.54. The zero-order chi connectivity index (χ0) is 19.1. The summed E-state index contributed by atoms with van der Waals surface area (Å²) in [5, 5.41) is 5.85. The summed E-state index contributed by atoms with van der Waals surface area (Å²) >= 11 is 0. The van der Waals surface area contributed by atoms with Gasteiger partial charge >= 0.3 is 0 Å². The molecular formula is C20H26N4O3. The first-order chi connectivity index (χ1) is 13.0. The lowest BCUT2D eigenvalue weighted by atomic mass is 10.0. The van der Waals surface area contributed by atoms with Crippen LogP contribution >= 0.6 is 0 Å². The molecule has 3 amide bonds. The van der Waals surface area contributed by atoms with Crippen LogP contribution in [0.4, 0.5) is 0 Å². The number of nitrogens with zero attached hydrogens (tertiary/aromatic N) is 2. The number of imide groups is 1. The van der Waals surface area contributed by atoms with Gasteiger partial charge in [-0.25, -0.2) is 0 Å². The van der Waals surface area contributed by atoms with Gasteiger partial charge in [-0.05, 0) is 37.5 Å².